The van der Waals surface area contributed by atoms with E-state index in [0.29, 0.717) is 32.0 Å². The fourth-order valence-corrected chi connectivity index (χ4v) is 4.00. The van der Waals surface area contributed by atoms with Crippen molar-refractivity contribution in [1.82, 2.24) is 24.6 Å². The van der Waals surface area contributed by atoms with Gasteiger partial charge in [-0.05, 0) is 29.7 Å². The largest absolute Gasteiger partial charge is 0.379 e. The van der Waals surface area contributed by atoms with E-state index in [1.165, 1.54) is 18.2 Å². The second kappa shape index (κ2) is 11.4. The zero-order chi connectivity index (χ0) is 25.7. The van der Waals surface area contributed by atoms with Crippen LogP contribution in [0.3, 0.4) is 0 Å². The molecule has 9 nitrogen and oxygen atoms in total. The van der Waals surface area contributed by atoms with Gasteiger partial charge in [-0.15, -0.1) is 0 Å². The van der Waals surface area contributed by atoms with Gasteiger partial charge < -0.3 is 10.1 Å². The van der Waals surface area contributed by atoms with Crippen molar-refractivity contribution in [1.29, 1.82) is 0 Å². The Morgan fingerprint density at radius 2 is 1.78 bits per heavy atom. The molecule has 2 aromatic carbocycles. The fourth-order valence-electron chi connectivity index (χ4n) is 4.00. The minimum absolute atomic E-state index is 0.156. The van der Waals surface area contributed by atoms with Crippen molar-refractivity contribution in [2.45, 2.75) is 26.3 Å². The van der Waals surface area contributed by atoms with Crippen molar-refractivity contribution in [3.63, 3.8) is 0 Å². The molecular formula is C26H30FN5O4. The van der Waals surface area contributed by atoms with Crippen molar-refractivity contribution in [3.8, 4) is 5.69 Å². The van der Waals surface area contributed by atoms with Gasteiger partial charge in [0.25, 0.3) is 11.5 Å². The minimum atomic E-state index is -0.873. The lowest BCUT2D eigenvalue weighted by Gasteiger charge is -2.26. The van der Waals surface area contributed by atoms with Crippen molar-refractivity contribution in [3.05, 3.63) is 92.0 Å². The van der Waals surface area contributed by atoms with Crippen LogP contribution in [-0.2, 0) is 11.3 Å². The average molecular weight is 496 g/mol. The fraction of sp³-hybridized carbons (Fsp3) is 0.385. The highest BCUT2D eigenvalue weighted by Crippen LogP contribution is 2.16. The van der Waals surface area contributed by atoms with Crippen molar-refractivity contribution < 1.29 is 13.9 Å². The molecule has 1 amide bonds. The molecule has 1 N–H and O–H groups in total. The second-order valence-electron chi connectivity index (χ2n) is 8.98. The molecule has 36 heavy (non-hydrogen) atoms. The second-order valence-corrected chi connectivity index (χ2v) is 8.98. The highest BCUT2D eigenvalue weighted by molar-refractivity contribution is 5.91. The predicted octanol–water partition coefficient (Wildman–Crippen LogP) is 1.77. The molecule has 1 fully saturated rings. The van der Waals surface area contributed by atoms with Gasteiger partial charge in [0.2, 0.25) is 5.69 Å². The van der Waals surface area contributed by atoms with E-state index in [-0.39, 0.29) is 18.0 Å². The molecule has 1 aromatic heterocycles. The third-order valence-corrected chi connectivity index (χ3v) is 6.18. The topological polar surface area (TPSA) is 98.5 Å². The molecule has 10 heteroatoms. The number of aromatic nitrogens is 3. The molecule has 0 spiro atoms. The molecule has 3 aromatic rings. The van der Waals surface area contributed by atoms with E-state index in [1.807, 2.05) is 26.0 Å². The number of carbonyl (C=O) groups is 1. The highest BCUT2D eigenvalue weighted by atomic mass is 19.1. The van der Waals surface area contributed by atoms with Gasteiger partial charge in [0.05, 0.1) is 25.4 Å². The first-order chi connectivity index (χ1) is 17.3. The van der Waals surface area contributed by atoms with Crippen LogP contribution in [0.15, 0.2) is 58.1 Å². The summed E-state index contributed by atoms with van der Waals surface area (Å²) in [7, 11) is 0. The van der Waals surface area contributed by atoms with Crippen LogP contribution in [0.25, 0.3) is 5.69 Å². The van der Waals surface area contributed by atoms with Gasteiger partial charge >= 0.3 is 5.69 Å². The number of morpholine rings is 1. The number of carbonyl (C=O) groups excluding carboxylic acids is 1. The Labute approximate surface area is 208 Å². The van der Waals surface area contributed by atoms with Crippen LogP contribution in [0.2, 0.25) is 0 Å². The number of rotatable bonds is 8. The lowest BCUT2D eigenvalue weighted by atomic mass is 10.0. The number of nitrogens with one attached hydrogen (secondary N) is 1. The Morgan fingerprint density at radius 3 is 2.44 bits per heavy atom. The number of benzene rings is 2. The van der Waals surface area contributed by atoms with Crippen molar-refractivity contribution in [2.75, 3.05) is 39.4 Å². The molecule has 2 heterocycles. The standard InChI is InChI=1S/C26H30FN5O4/c1-18(2)19-7-9-21(10-8-19)32-26(35)31(17-20-5-3-4-6-22(20)27)25(34)23(29-32)24(33)28-11-12-30-13-15-36-16-14-30/h3-10,18H,11-17H2,1-2H3,(H,28,33). The quantitative estimate of drug-likeness (QED) is 0.512. The molecule has 0 unspecified atom stereocenters. The number of ether oxygens (including phenoxy) is 1. The zero-order valence-electron chi connectivity index (χ0n) is 20.4. The van der Waals surface area contributed by atoms with Gasteiger partial charge in [-0.25, -0.2) is 9.18 Å². The van der Waals surface area contributed by atoms with Crippen LogP contribution in [-0.4, -0.2) is 64.5 Å². The van der Waals surface area contributed by atoms with Crippen molar-refractivity contribution >= 4 is 5.91 Å². The Morgan fingerprint density at radius 1 is 1.08 bits per heavy atom. The Balaban J connectivity index is 1.69. The van der Waals surface area contributed by atoms with Gasteiger partial charge in [-0.3, -0.25) is 19.1 Å². The summed E-state index contributed by atoms with van der Waals surface area (Å²) in [5.41, 5.74) is -0.446. The summed E-state index contributed by atoms with van der Waals surface area (Å²) in [5, 5.41) is 6.86. The van der Waals surface area contributed by atoms with E-state index in [4.69, 9.17) is 4.74 Å². The number of halogens is 1. The van der Waals surface area contributed by atoms with E-state index in [2.05, 4.69) is 15.3 Å². The van der Waals surface area contributed by atoms with Crippen LogP contribution < -0.4 is 16.6 Å². The molecule has 1 saturated heterocycles. The number of hydrogen-bond acceptors (Lipinski definition) is 6. The summed E-state index contributed by atoms with van der Waals surface area (Å²) in [6, 6.07) is 13.0. The number of hydrogen-bond donors (Lipinski definition) is 1. The molecular weight excluding hydrogens is 465 g/mol. The summed E-state index contributed by atoms with van der Waals surface area (Å²) in [6.07, 6.45) is 0. The van der Waals surface area contributed by atoms with E-state index in [0.717, 1.165) is 27.9 Å². The first-order valence-electron chi connectivity index (χ1n) is 12.0. The Kier molecular flexibility index (Phi) is 8.07. The molecule has 0 bridgehead atoms. The SMILES string of the molecule is CC(C)c1ccc(-n2nc(C(=O)NCCN3CCOCC3)c(=O)n(Cc3ccccc3F)c2=O)cc1. The molecule has 0 aliphatic carbocycles. The Bertz CT molecular complexity index is 1330. The third-order valence-electron chi connectivity index (χ3n) is 6.18. The van der Waals surface area contributed by atoms with Gasteiger partial charge in [-0.2, -0.15) is 9.78 Å². The lowest BCUT2D eigenvalue weighted by Crippen LogP contribution is -2.47. The number of amides is 1. The van der Waals surface area contributed by atoms with Gasteiger partial charge in [0, 0.05) is 31.7 Å². The first-order valence-corrected chi connectivity index (χ1v) is 12.0. The first kappa shape index (κ1) is 25.5. The number of nitrogens with zero attached hydrogens (tertiary/aromatic N) is 4. The smallest absolute Gasteiger partial charge is 0.352 e. The third kappa shape index (κ3) is 5.77. The van der Waals surface area contributed by atoms with Crippen molar-refractivity contribution in [2.24, 2.45) is 0 Å². The van der Waals surface area contributed by atoms with E-state index < -0.39 is 28.7 Å². The summed E-state index contributed by atoms with van der Waals surface area (Å²) in [6.45, 7) is 7.46. The summed E-state index contributed by atoms with van der Waals surface area (Å²) < 4.78 is 21.5. The maximum absolute atomic E-state index is 14.4. The van der Waals surface area contributed by atoms with Crippen LogP contribution in [0.5, 0.6) is 0 Å². The lowest BCUT2D eigenvalue weighted by molar-refractivity contribution is 0.0383. The monoisotopic (exact) mass is 495 g/mol. The van der Waals surface area contributed by atoms with Gasteiger partial charge in [-0.1, -0.05) is 44.2 Å². The minimum Gasteiger partial charge on any atom is -0.379 e. The van der Waals surface area contributed by atoms with Gasteiger partial charge in [0.15, 0.2) is 0 Å². The summed E-state index contributed by atoms with van der Waals surface area (Å²) >= 11 is 0. The zero-order valence-corrected chi connectivity index (χ0v) is 20.4. The molecule has 190 valence electrons. The van der Waals surface area contributed by atoms with Crippen LogP contribution in [0.4, 0.5) is 4.39 Å². The van der Waals surface area contributed by atoms with E-state index in [1.54, 1.807) is 18.2 Å². The van der Waals surface area contributed by atoms with Crippen LogP contribution >= 0.6 is 0 Å². The normalized spacial score (nSPS) is 14.2. The highest BCUT2D eigenvalue weighted by Gasteiger charge is 2.21. The molecule has 0 saturated carbocycles. The molecule has 1 aliphatic rings. The predicted molar refractivity (Wildman–Crippen MR) is 133 cm³/mol. The molecule has 4 rings (SSSR count). The van der Waals surface area contributed by atoms with Crippen LogP contribution in [0.1, 0.15) is 41.4 Å². The maximum atomic E-state index is 14.4. The van der Waals surface area contributed by atoms with Crippen LogP contribution in [0, 0.1) is 5.82 Å². The Hall–Kier alpha value is -3.63. The maximum Gasteiger partial charge on any atom is 0.352 e. The molecule has 0 atom stereocenters. The average Bonchev–Trinajstić information content (AvgIpc) is 2.88. The molecule has 0 radical (unpaired) electrons. The summed E-state index contributed by atoms with van der Waals surface area (Å²) in [4.78, 5) is 41.7. The molecule has 1 aliphatic heterocycles. The van der Waals surface area contributed by atoms with E-state index >= 15 is 0 Å². The van der Waals surface area contributed by atoms with E-state index in [9.17, 15) is 18.8 Å². The van der Waals surface area contributed by atoms with Gasteiger partial charge in [0.1, 0.15) is 5.82 Å². The summed E-state index contributed by atoms with van der Waals surface area (Å²) in [5.74, 6) is -0.959.